The average molecular weight is 384 g/mol. The molecule has 2 aliphatic rings. The SMILES string of the molecule is Cc1n[nH]c(C)c1S(=O)(=O)N1CCCC(C(=O)NC2(CN)CCCC2)C1. The molecule has 8 nitrogen and oxygen atoms in total. The lowest BCUT2D eigenvalue weighted by Crippen LogP contribution is -2.55. The highest BCUT2D eigenvalue weighted by atomic mass is 32.2. The Labute approximate surface area is 154 Å². The van der Waals surface area contributed by atoms with E-state index < -0.39 is 10.0 Å². The summed E-state index contributed by atoms with van der Waals surface area (Å²) in [5, 5.41) is 9.86. The summed E-state index contributed by atoms with van der Waals surface area (Å²) < 4.78 is 27.5. The van der Waals surface area contributed by atoms with Gasteiger partial charge < -0.3 is 11.1 Å². The zero-order chi connectivity index (χ0) is 18.9. The van der Waals surface area contributed by atoms with Gasteiger partial charge in [-0.2, -0.15) is 9.40 Å². The van der Waals surface area contributed by atoms with Gasteiger partial charge >= 0.3 is 0 Å². The van der Waals surface area contributed by atoms with E-state index in [-0.39, 0.29) is 28.8 Å². The number of nitrogens with two attached hydrogens (primary N) is 1. The fraction of sp³-hybridized carbons (Fsp3) is 0.765. The number of aryl methyl sites for hydroxylation is 2. The van der Waals surface area contributed by atoms with Crippen LogP contribution in [0.25, 0.3) is 0 Å². The molecule has 2 heterocycles. The Morgan fingerprint density at radius 3 is 2.62 bits per heavy atom. The normalized spacial score (nSPS) is 23.9. The molecule has 1 saturated carbocycles. The summed E-state index contributed by atoms with van der Waals surface area (Å²) in [5.41, 5.74) is 6.59. The highest BCUT2D eigenvalue weighted by Crippen LogP contribution is 2.31. The summed E-state index contributed by atoms with van der Waals surface area (Å²) in [5.74, 6) is -0.409. The summed E-state index contributed by atoms with van der Waals surface area (Å²) in [6.07, 6.45) is 5.31. The van der Waals surface area contributed by atoms with E-state index in [0.717, 1.165) is 25.7 Å². The summed E-state index contributed by atoms with van der Waals surface area (Å²) in [6, 6.07) is 0. The monoisotopic (exact) mass is 383 g/mol. The number of piperidine rings is 1. The first kappa shape index (κ1) is 19.3. The van der Waals surface area contributed by atoms with Crippen LogP contribution in [0.4, 0.5) is 0 Å². The first-order valence-corrected chi connectivity index (χ1v) is 10.8. The Bertz CT molecular complexity index is 748. The Kier molecular flexibility index (Phi) is 5.41. The standard InChI is InChI=1S/C17H29N5O3S/c1-12-15(13(2)21-20-12)26(24,25)22-9-5-6-14(10-22)16(23)19-17(11-18)7-3-4-8-17/h14H,3-11,18H2,1-2H3,(H,19,23)(H,20,21). The van der Waals surface area contributed by atoms with Gasteiger partial charge in [0.25, 0.3) is 0 Å². The average Bonchev–Trinajstić information content (AvgIpc) is 3.22. The van der Waals surface area contributed by atoms with Crippen LogP contribution in [0.3, 0.4) is 0 Å². The van der Waals surface area contributed by atoms with Crippen molar-refractivity contribution in [2.24, 2.45) is 11.7 Å². The number of rotatable bonds is 5. The summed E-state index contributed by atoms with van der Waals surface area (Å²) in [6.45, 7) is 4.44. The largest absolute Gasteiger partial charge is 0.349 e. The molecule has 9 heteroatoms. The van der Waals surface area contributed by atoms with E-state index in [0.29, 0.717) is 37.3 Å². The van der Waals surface area contributed by atoms with Gasteiger partial charge in [0.05, 0.1) is 22.8 Å². The fourth-order valence-corrected chi connectivity index (χ4v) is 6.08. The van der Waals surface area contributed by atoms with E-state index in [1.54, 1.807) is 13.8 Å². The van der Waals surface area contributed by atoms with Crippen LogP contribution < -0.4 is 11.1 Å². The Morgan fingerprint density at radius 2 is 2.04 bits per heavy atom. The van der Waals surface area contributed by atoms with Crippen LogP contribution in [0.2, 0.25) is 0 Å². The van der Waals surface area contributed by atoms with Crippen LogP contribution in [-0.4, -0.2) is 54.0 Å². The molecule has 1 atom stereocenters. The topological polar surface area (TPSA) is 121 Å². The molecular formula is C17H29N5O3S. The predicted molar refractivity (Wildman–Crippen MR) is 97.9 cm³/mol. The first-order chi connectivity index (χ1) is 12.3. The maximum absolute atomic E-state index is 13.0. The van der Waals surface area contributed by atoms with Crippen molar-refractivity contribution in [1.82, 2.24) is 19.8 Å². The van der Waals surface area contributed by atoms with Gasteiger partial charge in [-0.25, -0.2) is 8.42 Å². The van der Waals surface area contributed by atoms with Gasteiger partial charge in [-0.15, -0.1) is 0 Å². The quantitative estimate of drug-likeness (QED) is 0.695. The molecule has 1 aromatic rings. The van der Waals surface area contributed by atoms with E-state index in [2.05, 4.69) is 15.5 Å². The number of nitrogens with zero attached hydrogens (tertiary/aromatic N) is 2. The highest BCUT2D eigenvalue weighted by molar-refractivity contribution is 7.89. The lowest BCUT2D eigenvalue weighted by Gasteiger charge is -2.35. The molecule has 1 unspecified atom stereocenters. The minimum absolute atomic E-state index is 0.0714. The number of aromatic nitrogens is 2. The molecular weight excluding hydrogens is 354 g/mol. The molecule has 0 aromatic carbocycles. The summed E-state index contributed by atoms with van der Waals surface area (Å²) in [7, 11) is -3.66. The molecule has 1 aliphatic carbocycles. The van der Waals surface area contributed by atoms with Crippen molar-refractivity contribution >= 4 is 15.9 Å². The zero-order valence-corrected chi connectivity index (χ0v) is 16.4. The number of hydrogen-bond acceptors (Lipinski definition) is 5. The molecule has 1 aliphatic heterocycles. The maximum atomic E-state index is 13.0. The van der Waals surface area contributed by atoms with Gasteiger partial charge in [-0.3, -0.25) is 9.89 Å². The van der Waals surface area contributed by atoms with Crippen LogP contribution in [0, 0.1) is 19.8 Å². The van der Waals surface area contributed by atoms with Crippen LogP contribution in [0.5, 0.6) is 0 Å². The maximum Gasteiger partial charge on any atom is 0.246 e. The van der Waals surface area contributed by atoms with E-state index in [4.69, 9.17) is 5.73 Å². The van der Waals surface area contributed by atoms with Crippen molar-refractivity contribution in [2.75, 3.05) is 19.6 Å². The molecule has 4 N–H and O–H groups in total. The predicted octanol–water partition coefficient (Wildman–Crippen LogP) is 0.815. The highest BCUT2D eigenvalue weighted by Gasteiger charge is 2.39. The minimum atomic E-state index is -3.66. The second kappa shape index (κ2) is 7.28. The van der Waals surface area contributed by atoms with Crippen molar-refractivity contribution in [3.05, 3.63) is 11.4 Å². The van der Waals surface area contributed by atoms with Crippen molar-refractivity contribution in [3.63, 3.8) is 0 Å². The van der Waals surface area contributed by atoms with Crippen molar-refractivity contribution in [2.45, 2.75) is 62.8 Å². The third-order valence-electron chi connectivity index (χ3n) is 5.75. The minimum Gasteiger partial charge on any atom is -0.349 e. The van der Waals surface area contributed by atoms with Crippen LogP contribution >= 0.6 is 0 Å². The third kappa shape index (κ3) is 3.52. The molecule has 0 bridgehead atoms. The number of H-pyrrole nitrogens is 1. The molecule has 2 fully saturated rings. The van der Waals surface area contributed by atoms with Crippen molar-refractivity contribution < 1.29 is 13.2 Å². The number of hydrogen-bond donors (Lipinski definition) is 3. The summed E-state index contributed by atoms with van der Waals surface area (Å²) in [4.78, 5) is 13.0. The lowest BCUT2D eigenvalue weighted by molar-refractivity contribution is -0.128. The number of amides is 1. The number of carbonyl (C=O) groups excluding carboxylic acids is 1. The number of aromatic amines is 1. The zero-order valence-electron chi connectivity index (χ0n) is 15.5. The Hall–Kier alpha value is -1.45. The molecule has 0 radical (unpaired) electrons. The van der Waals surface area contributed by atoms with Gasteiger partial charge in [0, 0.05) is 19.6 Å². The van der Waals surface area contributed by atoms with Crippen LogP contribution in [0.1, 0.15) is 49.9 Å². The molecule has 1 aromatic heterocycles. The van der Waals surface area contributed by atoms with Crippen molar-refractivity contribution in [3.8, 4) is 0 Å². The first-order valence-electron chi connectivity index (χ1n) is 9.33. The Balaban J connectivity index is 1.74. The van der Waals surface area contributed by atoms with Crippen LogP contribution in [0.15, 0.2) is 4.90 Å². The lowest BCUT2D eigenvalue weighted by atomic mass is 9.93. The molecule has 26 heavy (non-hydrogen) atoms. The second-order valence-electron chi connectivity index (χ2n) is 7.65. The van der Waals surface area contributed by atoms with E-state index in [1.165, 1.54) is 4.31 Å². The van der Waals surface area contributed by atoms with E-state index in [9.17, 15) is 13.2 Å². The molecule has 3 rings (SSSR count). The van der Waals surface area contributed by atoms with Gasteiger partial charge in [-0.05, 0) is 39.5 Å². The Morgan fingerprint density at radius 1 is 1.35 bits per heavy atom. The van der Waals surface area contributed by atoms with Gasteiger partial charge in [0.15, 0.2) is 0 Å². The molecule has 0 spiro atoms. The smallest absolute Gasteiger partial charge is 0.246 e. The van der Waals surface area contributed by atoms with E-state index in [1.807, 2.05) is 0 Å². The number of sulfonamides is 1. The molecule has 1 saturated heterocycles. The second-order valence-corrected chi connectivity index (χ2v) is 9.52. The van der Waals surface area contributed by atoms with Crippen molar-refractivity contribution in [1.29, 1.82) is 0 Å². The van der Waals surface area contributed by atoms with Gasteiger partial charge in [0.2, 0.25) is 15.9 Å². The third-order valence-corrected chi connectivity index (χ3v) is 7.88. The van der Waals surface area contributed by atoms with E-state index >= 15 is 0 Å². The molecule has 1 amide bonds. The fourth-order valence-electron chi connectivity index (χ4n) is 4.22. The van der Waals surface area contributed by atoms with Crippen LogP contribution in [-0.2, 0) is 14.8 Å². The number of nitrogens with one attached hydrogen (secondary N) is 2. The van der Waals surface area contributed by atoms with Gasteiger partial charge in [0.1, 0.15) is 4.90 Å². The van der Waals surface area contributed by atoms with Gasteiger partial charge in [-0.1, -0.05) is 12.8 Å². The summed E-state index contributed by atoms with van der Waals surface area (Å²) >= 11 is 0. The molecule has 146 valence electrons. The number of carbonyl (C=O) groups is 1.